The number of benzene rings is 1. The third-order valence-corrected chi connectivity index (χ3v) is 5.18. The van der Waals surface area contributed by atoms with Gasteiger partial charge in [0.05, 0.1) is 11.4 Å². The van der Waals surface area contributed by atoms with Crippen molar-refractivity contribution in [2.75, 3.05) is 13.1 Å². The number of nitrogens with one attached hydrogen (secondary N) is 1. The minimum absolute atomic E-state index is 0.0396. The fourth-order valence-corrected chi connectivity index (χ4v) is 3.94. The van der Waals surface area contributed by atoms with Crippen LogP contribution in [0.15, 0.2) is 30.3 Å². The number of amides is 2. The van der Waals surface area contributed by atoms with E-state index in [1.807, 2.05) is 53.8 Å². The predicted octanol–water partition coefficient (Wildman–Crippen LogP) is 1.84. The van der Waals surface area contributed by atoms with Crippen LogP contribution in [-0.4, -0.2) is 45.6 Å². The van der Waals surface area contributed by atoms with Crippen molar-refractivity contribution < 1.29 is 9.59 Å². The summed E-state index contributed by atoms with van der Waals surface area (Å²) in [5.74, 6) is 0.399. The molecule has 0 spiro atoms. The summed E-state index contributed by atoms with van der Waals surface area (Å²) in [5.41, 5.74) is 3.67. The van der Waals surface area contributed by atoms with Crippen LogP contribution in [0.2, 0.25) is 0 Å². The molecule has 6 nitrogen and oxygen atoms in total. The molecule has 25 heavy (non-hydrogen) atoms. The summed E-state index contributed by atoms with van der Waals surface area (Å²) in [6.07, 6.45) is 1.37. The number of aryl methyl sites for hydroxylation is 2. The fraction of sp³-hybridized carbons (Fsp3) is 0.421. The van der Waals surface area contributed by atoms with Gasteiger partial charge < -0.3 is 10.2 Å². The summed E-state index contributed by atoms with van der Waals surface area (Å²) in [4.78, 5) is 26.2. The van der Waals surface area contributed by atoms with E-state index in [9.17, 15) is 9.59 Å². The van der Waals surface area contributed by atoms with E-state index in [0.29, 0.717) is 25.1 Å². The fourth-order valence-electron chi connectivity index (χ4n) is 3.94. The standard InChI is InChI=1S/C19H22N4O2/c1-12-9-13(2)23(21-12)16-5-3-14(4-6-16)19(25)22-8-7-17-15(11-22)10-18(24)20-17/h3-6,9,15,17H,7-8,10-11H2,1-2H3,(H,20,24)/t15-,17+/m1/s1. The van der Waals surface area contributed by atoms with Gasteiger partial charge in [-0.2, -0.15) is 5.10 Å². The Bertz CT molecular complexity index is 824. The Kier molecular flexibility index (Phi) is 3.82. The van der Waals surface area contributed by atoms with E-state index in [2.05, 4.69) is 10.4 Å². The van der Waals surface area contributed by atoms with E-state index in [-0.39, 0.29) is 23.8 Å². The molecule has 6 heteroatoms. The first-order chi connectivity index (χ1) is 12.0. The van der Waals surface area contributed by atoms with E-state index in [0.717, 1.165) is 23.5 Å². The van der Waals surface area contributed by atoms with Gasteiger partial charge in [0.1, 0.15) is 0 Å². The summed E-state index contributed by atoms with van der Waals surface area (Å²) >= 11 is 0. The van der Waals surface area contributed by atoms with Gasteiger partial charge in [0.25, 0.3) is 5.91 Å². The Morgan fingerprint density at radius 2 is 2.00 bits per heavy atom. The van der Waals surface area contributed by atoms with Crippen LogP contribution in [-0.2, 0) is 4.79 Å². The maximum Gasteiger partial charge on any atom is 0.253 e. The maximum atomic E-state index is 12.8. The van der Waals surface area contributed by atoms with Crippen molar-refractivity contribution in [3.8, 4) is 5.69 Å². The molecule has 2 aliphatic heterocycles. The monoisotopic (exact) mass is 338 g/mol. The minimum Gasteiger partial charge on any atom is -0.353 e. The van der Waals surface area contributed by atoms with Crippen LogP contribution in [0.5, 0.6) is 0 Å². The van der Waals surface area contributed by atoms with Gasteiger partial charge in [0.15, 0.2) is 0 Å². The zero-order valence-electron chi connectivity index (χ0n) is 14.5. The lowest BCUT2D eigenvalue weighted by Crippen LogP contribution is -2.47. The third-order valence-electron chi connectivity index (χ3n) is 5.18. The van der Waals surface area contributed by atoms with E-state index in [4.69, 9.17) is 0 Å². The molecular weight excluding hydrogens is 316 g/mol. The Morgan fingerprint density at radius 3 is 2.68 bits per heavy atom. The molecular formula is C19H22N4O2. The molecule has 0 aliphatic carbocycles. The molecule has 3 heterocycles. The molecule has 130 valence electrons. The number of hydrogen-bond acceptors (Lipinski definition) is 3. The van der Waals surface area contributed by atoms with Crippen molar-refractivity contribution in [1.29, 1.82) is 0 Å². The lowest BCUT2D eigenvalue weighted by molar-refractivity contribution is -0.119. The van der Waals surface area contributed by atoms with Crippen LogP contribution in [0, 0.1) is 19.8 Å². The van der Waals surface area contributed by atoms with Crippen molar-refractivity contribution in [3.05, 3.63) is 47.3 Å². The first-order valence-electron chi connectivity index (χ1n) is 8.73. The molecule has 2 saturated heterocycles. The largest absolute Gasteiger partial charge is 0.353 e. The topological polar surface area (TPSA) is 67.2 Å². The van der Waals surface area contributed by atoms with Gasteiger partial charge in [-0.1, -0.05) is 0 Å². The molecule has 4 rings (SSSR count). The first kappa shape index (κ1) is 15.9. The van der Waals surface area contributed by atoms with Crippen LogP contribution in [0.3, 0.4) is 0 Å². The first-order valence-corrected chi connectivity index (χ1v) is 8.73. The highest BCUT2D eigenvalue weighted by Gasteiger charge is 2.38. The second kappa shape index (κ2) is 6.02. The SMILES string of the molecule is Cc1cc(C)n(-c2ccc(C(=O)N3CC[C@@H]4NC(=O)C[C@@H]4C3)cc2)n1. The van der Waals surface area contributed by atoms with Crippen LogP contribution in [0.1, 0.15) is 34.6 Å². The van der Waals surface area contributed by atoms with Gasteiger partial charge in [0.2, 0.25) is 5.91 Å². The Morgan fingerprint density at radius 1 is 1.24 bits per heavy atom. The quantitative estimate of drug-likeness (QED) is 0.908. The average molecular weight is 338 g/mol. The maximum absolute atomic E-state index is 12.8. The molecule has 1 aromatic carbocycles. The number of hydrogen-bond donors (Lipinski definition) is 1. The molecule has 2 fully saturated rings. The Balaban J connectivity index is 1.49. The van der Waals surface area contributed by atoms with E-state index in [1.54, 1.807) is 0 Å². The summed E-state index contributed by atoms with van der Waals surface area (Å²) in [6.45, 7) is 5.33. The summed E-state index contributed by atoms with van der Waals surface area (Å²) in [7, 11) is 0. The number of carbonyl (C=O) groups excluding carboxylic acids is 2. The number of fused-ring (bicyclic) bond motifs is 1. The number of rotatable bonds is 2. The highest BCUT2D eigenvalue weighted by atomic mass is 16.2. The Hall–Kier alpha value is -2.63. The van der Waals surface area contributed by atoms with Crippen molar-refractivity contribution in [2.24, 2.45) is 5.92 Å². The molecule has 2 aromatic rings. The molecule has 2 atom stereocenters. The third kappa shape index (κ3) is 2.92. The molecule has 0 unspecified atom stereocenters. The highest BCUT2D eigenvalue weighted by molar-refractivity contribution is 5.94. The van der Waals surface area contributed by atoms with Crippen molar-refractivity contribution >= 4 is 11.8 Å². The van der Waals surface area contributed by atoms with Gasteiger partial charge in [0, 0.05) is 42.7 Å². The van der Waals surface area contributed by atoms with E-state index >= 15 is 0 Å². The molecule has 0 radical (unpaired) electrons. The number of likely N-dealkylation sites (tertiary alicyclic amines) is 1. The van der Waals surface area contributed by atoms with Gasteiger partial charge >= 0.3 is 0 Å². The smallest absolute Gasteiger partial charge is 0.253 e. The van der Waals surface area contributed by atoms with Crippen LogP contribution in [0.4, 0.5) is 0 Å². The van der Waals surface area contributed by atoms with E-state index in [1.165, 1.54) is 0 Å². The van der Waals surface area contributed by atoms with Gasteiger partial charge in [-0.05, 0) is 50.6 Å². The van der Waals surface area contributed by atoms with Gasteiger partial charge in [-0.15, -0.1) is 0 Å². The highest BCUT2D eigenvalue weighted by Crippen LogP contribution is 2.26. The van der Waals surface area contributed by atoms with Crippen LogP contribution >= 0.6 is 0 Å². The number of carbonyl (C=O) groups is 2. The molecule has 1 aromatic heterocycles. The van der Waals surface area contributed by atoms with Crippen molar-refractivity contribution in [2.45, 2.75) is 32.7 Å². The van der Waals surface area contributed by atoms with Gasteiger partial charge in [-0.25, -0.2) is 4.68 Å². The predicted molar refractivity (Wildman–Crippen MR) is 93.6 cm³/mol. The van der Waals surface area contributed by atoms with Crippen LogP contribution in [0.25, 0.3) is 5.69 Å². The lowest BCUT2D eigenvalue weighted by Gasteiger charge is -2.34. The summed E-state index contributed by atoms with van der Waals surface area (Å²) in [6, 6.07) is 9.85. The lowest BCUT2D eigenvalue weighted by atomic mass is 9.93. The van der Waals surface area contributed by atoms with Crippen molar-refractivity contribution in [3.63, 3.8) is 0 Å². The zero-order valence-corrected chi connectivity index (χ0v) is 14.5. The summed E-state index contributed by atoms with van der Waals surface area (Å²) in [5, 5.41) is 7.47. The number of aromatic nitrogens is 2. The van der Waals surface area contributed by atoms with E-state index < -0.39 is 0 Å². The molecule has 2 aliphatic rings. The van der Waals surface area contributed by atoms with Crippen LogP contribution < -0.4 is 5.32 Å². The molecule has 0 bridgehead atoms. The normalized spacial score (nSPS) is 22.6. The second-order valence-corrected chi connectivity index (χ2v) is 7.06. The second-order valence-electron chi connectivity index (χ2n) is 7.06. The molecule has 2 amide bonds. The average Bonchev–Trinajstić information content (AvgIpc) is 3.14. The molecule has 1 N–H and O–H groups in total. The molecule has 0 saturated carbocycles. The summed E-state index contributed by atoms with van der Waals surface area (Å²) < 4.78 is 1.88. The zero-order chi connectivity index (χ0) is 17.6. The number of piperidine rings is 1. The van der Waals surface area contributed by atoms with Crippen molar-refractivity contribution in [1.82, 2.24) is 20.0 Å². The number of nitrogens with zero attached hydrogens (tertiary/aromatic N) is 3. The van der Waals surface area contributed by atoms with Gasteiger partial charge in [-0.3, -0.25) is 9.59 Å². The minimum atomic E-state index is 0.0396. The Labute approximate surface area is 146 Å².